The number of carbonyl (C=O) groups is 1. The van der Waals surface area contributed by atoms with Crippen LogP contribution >= 0.6 is 0 Å². The maximum atomic E-state index is 11.8. The lowest BCUT2D eigenvalue weighted by molar-refractivity contribution is -0.142. The fraction of sp³-hybridized carbons (Fsp3) is 0.455. The maximum absolute atomic E-state index is 11.8. The molecule has 1 aromatic heterocycles. The summed E-state index contributed by atoms with van der Waals surface area (Å²) in [4.78, 5) is 23.3. The van der Waals surface area contributed by atoms with Crippen LogP contribution in [0, 0.1) is 0 Å². The molecule has 0 unspecified atom stereocenters. The number of carbonyl (C=O) groups excluding carboxylic acids is 1. The van der Waals surface area contributed by atoms with Crippen molar-refractivity contribution in [3.8, 4) is 5.75 Å². The summed E-state index contributed by atoms with van der Waals surface area (Å²) in [6, 6.07) is 6.31. The van der Waals surface area contributed by atoms with Crippen molar-refractivity contribution in [3.05, 3.63) is 51.9 Å². The summed E-state index contributed by atoms with van der Waals surface area (Å²) < 4.78 is 10.5. The molecule has 2 aromatic rings. The fourth-order valence-electron chi connectivity index (χ4n) is 2.85. The molecule has 5 heteroatoms. The van der Waals surface area contributed by atoms with Gasteiger partial charge in [-0.15, -0.1) is 0 Å². The van der Waals surface area contributed by atoms with Crippen molar-refractivity contribution < 1.29 is 19.1 Å². The van der Waals surface area contributed by atoms with Crippen LogP contribution in [-0.4, -0.2) is 17.7 Å². The number of benzene rings is 1. The van der Waals surface area contributed by atoms with E-state index in [-0.39, 0.29) is 18.3 Å². The molecular formula is C22H28O5. The summed E-state index contributed by atoms with van der Waals surface area (Å²) in [5, 5.41) is 10.9. The van der Waals surface area contributed by atoms with Crippen molar-refractivity contribution >= 4 is 16.9 Å². The zero-order chi connectivity index (χ0) is 19.6. The number of rotatable bonds is 10. The quantitative estimate of drug-likeness (QED) is 0.278. The number of ether oxygens (including phenoxy) is 1. The van der Waals surface area contributed by atoms with Gasteiger partial charge in [0.05, 0.1) is 0 Å². The average molecular weight is 372 g/mol. The van der Waals surface area contributed by atoms with Crippen molar-refractivity contribution in [3.63, 3.8) is 0 Å². The minimum absolute atomic E-state index is 0.0741. The molecule has 0 spiro atoms. The lowest BCUT2D eigenvalue weighted by Gasteiger charge is -2.07. The first-order chi connectivity index (χ1) is 13.0. The first-order valence-corrected chi connectivity index (χ1v) is 9.57. The molecule has 0 amide bonds. The number of hydrogen-bond acceptors (Lipinski definition) is 5. The number of phenols is 1. The number of unbranched alkanes of at least 4 members (excludes halogenated alkanes) is 4. The number of esters is 1. The van der Waals surface area contributed by atoms with Gasteiger partial charge in [0.2, 0.25) is 0 Å². The van der Waals surface area contributed by atoms with Crippen molar-refractivity contribution in [2.45, 2.75) is 58.8 Å². The SMILES string of the molecule is CCCCCCCC(=O)OCC(C)=CCc1c(O)ccc2ccc(=O)oc12. The van der Waals surface area contributed by atoms with E-state index in [1.165, 1.54) is 18.9 Å². The number of phenolic OH excluding ortho intramolecular Hbond substituents is 1. The van der Waals surface area contributed by atoms with Crippen molar-refractivity contribution in [1.82, 2.24) is 0 Å². The van der Waals surface area contributed by atoms with Gasteiger partial charge in [0.25, 0.3) is 0 Å². The minimum Gasteiger partial charge on any atom is -0.508 e. The lowest BCUT2D eigenvalue weighted by Crippen LogP contribution is -2.06. The number of hydrogen-bond donors (Lipinski definition) is 1. The zero-order valence-corrected chi connectivity index (χ0v) is 16.1. The van der Waals surface area contributed by atoms with Gasteiger partial charge in [-0.3, -0.25) is 4.79 Å². The molecule has 0 saturated heterocycles. The van der Waals surface area contributed by atoms with Gasteiger partial charge in [-0.25, -0.2) is 4.79 Å². The predicted molar refractivity (Wildman–Crippen MR) is 106 cm³/mol. The van der Waals surface area contributed by atoms with Gasteiger partial charge in [-0.1, -0.05) is 38.7 Å². The Kier molecular flexibility index (Phi) is 8.11. The number of aromatic hydroxyl groups is 1. The molecule has 0 aliphatic carbocycles. The van der Waals surface area contributed by atoms with Crippen LogP contribution in [0.4, 0.5) is 0 Å². The third-order valence-electron chi connectivity index (χ3n) is 4.47. The van der Waals surface area contributed by atoms with E-state index in [1.807, 2.05) is 13.0 Å². The van der Waals surface area contributed by atoms with E-state index < -0.39 is 5.63 Å². The molecule has 27 heavy (non-hydrogen) atoms. The largest absolute Gasteiger partial charge is 0.508 e. The van der Waals surface area contributed by atoms with E-state index in [0.29, 0.717) is 24.0 Å². The molecule has 1 aromatic carbocycles. The smallest absolute Gasteiger partial charge is 0.336 e. The molecule has 1 heterocycles. The second kappa shape index (κ2) is 10.6. The van der Waals surface area contributed by atoms with Crippen LogP contribution in [-0.2, 0) is 16.0 Å². The van der Waals surface area contributed by atoms with Gasteiger partial charge < -0.3 is 14.3 Å². The molecule has 0 aliphatic rings. The Morgan fingerprint density at radius 2 is 1.89 bits per heavy atom. The Balaban J connectivity index is 1.89. The van der Waals surface area contributed by atoms with Gasteiger partial charge in [-0.2, -0.15) is 0 Å². The first-order valence-electron chi connectivity index (χ1n) is 9.57. The number of fused-ring (bicyclic) bond motifs is 1. The normalized spacial score (nSPS) is 11.7. The Bertz CT molecular complexity index is 847. The van der Waals surface area contributed by atoms with Crippen LogP contribution in [0.1, 0.15) is 57.9 Å². The number of allylic oxidation sites excluding steroid dienone is 1. The van der Waals surface area contributed by atoms with Gasteiger partial charge in [-0.05, 0) is 43.5 Å². The second-order valence-corrected chi connectivity index (χ2v) is 6.82. The molecule has 5 nitrogen and oxygen atoms in total. The maximum Gasteiger partial charge on any atom is 0.336 e. The molecule has 0 bridgehead atoms. The van der Waals surface area contributed by atoms with E-state index in [4.69, 9.17) is 9.15 Å². The molecular weight excluding hydrogens is 344 g/mol. The van der Waals surface area contributed by atoms with Gasteiger partial charge in [0.15, 0.2) is 0 Å². The molecule has 2 rings (SSSR count). The minimum atomic E-state index is -0.456. The molecule has 0 aliphatic heterocycles. The van der Waals surface area contributed by atoms with E-state index in [0.717, 1.165) is 30.2 Å². The highest BCUT2D eigenvalue weighted by Gasteiger charge is 2.09. The van der Waals surface area contributed by atoms with Crippen LogP contribution in [0.3, 0.4) is 0 Å². The van der Waals surface area contributed by atoms with E-state index in [2.05, 4.69) is 6.92 Å². The Hall–Kier alpha value is -2.56. The van der Waals surface area contributed by atoms with Crippen LogP contribution in [0.15, 0.2) is 45.1 Å². The van der Waals surface area contributed by atoms with Gasteiger partial charge in [0.1, 0.15) is 17.9 Å². The molecule has 1 N–H and O–H groups in total. The summed E-state index contributed by atoms with van der Waals surface area (Å²) in [5.74, 6) is -0.108. The zero-order valence-electron chi connectivity index (χ0n) is 16.1. The Labute approximate surface area is 159 Å². The van der Waals surface area contributed by atoms with E-state index in [9.17, 15) is 14.7 Å². The van der Waals surface area contributed by atoms with Crippen LogP contribution in [0.25, 0.3) is 11.0 Å². The first kappa shape index (κ1) is 20.7. The molecule has 0 fully saturated rings. The Morgan fingerprint density at radius 1 is 1.15 bits per heavy atom. The second-order valence-electron chi connectivity index (χ2n) is 6.82. The monoisotopic (exact) mass is 372 g/mol. The summed E-state index contributed by atoms with van der Waals surface area (Å²) in [7, 11) is 0. The van der Waals surface area contributed by atoms with E-state index in [1.54, 1.807) is 18.2 Å². The molecule has 0 radical (unpaired) electrons. The standard InChI is InChI=1S/C22H28O5/c1-3-4-5-6-7-8-20(24)26-15-16(2)9-12-18-19(23)13-10-17-11-14-21(25)27-22(17)18/h9-11,13-14,23H,3-8,12,15H2,1-2H3. The third-order valence-corrected chi connectivity index (χ3v) is 4.47. The lowest BCUT2D eigenvalue weighted by atomic mass is 10.1. The van der Waals surface area contributed by atoms with Crippen molar-refractivity contribution in [2.24, 2.45) is 0 Å². The van der Waals surface area contributed by atoms with Crippen molar-refractivity contribution in [2.75, 3.05) is 6.61 Å². The van der Waals surface area contributed by atoms with Crippen LogP contribution in [0.5, 0.6) is 5.75 Å². The predicted octanol–water partition coefficient (Wildman–Crippen LogP) is 4.89. The highest BCUT2D eigenvalue weighted by Crippen LogP contribution is 2.27. The average Bonchev–Trinajstić information content (AvgIpc) is 2.65. The third kappa shape index (κ3) is 6.59. The fourth-order valence-corrected chi connectivity index (χ4v) is 2.85. The highest BCUT2D eigenvalue weighted by atomic mass is 16.5. The Morgan fingerprint density at radius 3 is 2.67 bits per heavy atom. The molecule has 0 saturated carbocycles. The highest BCUT2D eigenvalue weighted by molar-refractivity contribution is 5.82. The topological polar surface area (TPSA) is 76.7 Å². The summed E-state index contributed by atoms with van der Waals surface area (Å²) >= 11 is 0. The van der Waals surface area contributed by atoms with Gasteiger partial charge in [0, 0.05) is 23.4 Å². The summed E-state index contributed by atoms with van der Waals surface area (Å²) in [5.41, 5.74) is 1.36. The van der Waals surface area contributed by atoms with E-state index >= 15 is 0 Å². The molecule has 146 valence electrons. The van der Waals surface area contributed by atoms with Gasteiger partial charge >= 0.3 is 11.6 Å². The summed E-state index contributed by atoms with van der Waals surface area (Å²) in [6.07, 6.45) is 8.18. The summed E-state index contributed by atoms with van der Waals surface area (Å²) in [6.45, 7) is 4.26. The van der Waals surface area contributed by atoms with Crippen LogP contribution < -0.4 is 5.63 Å². The molecule has 0 atom stereocenters. The van der Waals surface area contributed by atoms with Crippen molar-refractivity contribution in [1.29, 1.82) is 0 Å². The van der Waals surface area contributed by atoms with Crippen LogP contribution in [0.2, 0.25) is 0 Å².